The van der Waals surface area contributed by atoms with Gasteiger partial charge in [0.15, 0.2) is 0 Å². The number of nitrogens with zero attached hydrogens (tertiary/aromatic N) is 1. The maximum Gasteiger partial charge on any atom is 0.0987 e. The van der Waals surface area contributed by atoms with E-state index in [1.807, 2.05) is 19.1 Å². The van der Waals surface area contributed by atoms with Gasteiger partial charge in [-0.05, 0) is 31.4 Å². The summed E-state index contributed by atoms with van der Waals surface area (Å²) in [6.45, 7) is 8.47. The summed E-state index contributed by atoms with van der Waals surface area (Å²) in [6.07, 6.45) is 7.01. The van der Waals surface area contributed by atoms with E-state index in [0.717, 1.165) is 43.9 Å². The summed E-state index contributed by atoms with van der Waals surface area (Å²) in [5, 5.41) is 3.58. The van der Waals surface area contributed by atoms with E-state index in [0.29, 0.717) is 12.1 Å². The van der Waals surface area contributed by atoms with Gasteiger partial charge in [0, 0.05) is 30.9 Å². The lowest BCUT2D eigenvalue weighted by atomic mass is 10.0. The monoisotopic (exact) mass is 252 g/mol. The van der Waals surface area contributed by atoms with Gasteiger partial charge in [-0.1, -0.05) is 20.8 Å². The number of likely N-dealkylation sites (tertiary alicyclic amines) is 1. The SMILES string of the molecule is CC/C(N)=C/C=C(\N)N1CCC(NC(C)C)CC1. The van der Waals surface area contributed by atoms with Gasteiger partial charge in [-0.15, -0.1) is 0 Å². The molecule has 4 heteroatoms. The van der Waals surface area contributed by atoms with Gasteiger partial charge in [0.2, 0.25) is 0 Å². The van der Waals surface area contributed by atoms with Crippen molar-refractivity contribution in [3.05, 3.63) is 23.7 Å². The first-order chi connectivity index (χ1) is 8.52. The summed E-state index contributed by atoms with van der Waals surface area (Å²) in [6, 6.07) is 1.19. The van der Waals surface area contributed by atoms with Crippen molar-refractivity contribution in [3.63, 3.8) is 0 Å². The van der Waals surface area contributed by atoms with E-state index in [1.165, 1.54) is 0 Å². The van der Waals surface area contributed by atoms with Gasteiger partial charge in [0.1, 0.15) is 0 Å². The van der Waals surface area contributed by atoms with Gasteiger partial charge in [0.25, 0.3) is 0 Å². The third kappa shape index (κ3) is 5.00. The van der Waals surface area contributed by atoms with Crippen LogP contribution in [0.5, 0.6) is 0 Å². The van der Waals surface area contributed by atoms with Gasteiger partial charge in [-0.25, -0.2) is 0 Å². The molecule has 0 radical (unpaired) electrons. The second kappa shape index (κ2) is 7.31. The molecular weight excluding hydrogens is 224 g/mol. The van der Waals surface area contributed by atoms with Crippen LogP contribution in [0.1, 0.15) is 40.0 Å². The molecule has 0 atom stereocenters. The van der Waals surface area contributed by atoms with E-state index < -0.39 is 0 Å². The molecule has 0 aromatic heterocycles. The number of nitrogens with two attached hydrogens (primary N) is 2. The van der Waals surface area contributed by atoms with Crippen molar-refractivity contribution < 1.29 is 0 Å². The summed E-state index contributed by atoms with van der Waals surface area (Å²) < 4.78 is 0. The van der Waals surface area contributed by atoms with Crippen molar-refractivity contribution in [2.45, 2.75) is 52.1 Å². The molecule has 0 aliphatic carbocycles. The molecule has 104 valence electrons. The molecule has 0 saturated carbocycles. The smallest absolute Gasteiger partial charge is 0.0987 e. The Morgan fingerprint density at radius 3 is 2.39 bits per heavy atom. The molecule has 0 aromatic rings. The highest BCUT2D eigenvalue weighted by Crippen LogP contribution is 2.13. The van der Waals surface area contributed by atoms with Crippen molar-refractivity contribution in [2.24, 2.45) is 11.5 Å². The molecule has 1 heterocycles. The van der Waals surface area contributed by atoms with Crippen molar-refractivity contribution in [3.8, 4) is 0 Å². The summed E-state index contributed by atoms with van der Waals surface area (Å²) in [5.74, 6) is 0.828. The highest BCUT2D eigenvalue weighted by Gasteiger charge is 2.19. The number of hydrogen-bond acceptors (Lipinski definition) is 4. The van der Waals surface area contributed by atoms with Crippen LogP contribution in [-0.4, -0.2) is 30.1 Å². The molecule has 1 aliphatic rings. The molecule has 0 bridgehead atoms. The van der Waals surface area contributed by atoms with E-state index in [-0.39, 0.29) is 0 Å². The number of nitrogens with one attached hydrogen (secondary N) is 1. The molecule has 1 rings (SSSR count). The molecule has 0 spiro atoms. The maximum atomic E-state index is 6.06. The van der Waals surface area contributed by atoms with Crippen LogP contribution >= 0.6 is 0 Å². The maximum absolute atomic E-state index is 6.06. The topological polar surface area (TPSA) is 67.3 Å². The Morgan fingerprint density at radius 1 is 1.28 bits per heavy atom. The summed E-state index contributed by atoms with van der Waals surface area (Å²) >= 11 is 0. The molecular formula is C14H28N4. The highest BCUT2D eigenvalue weighted by molar-refractivity contribution is 5.14. The van der Waals surface area contributed by atoms with Crippen LogP contribution in [0.3, 0.4) is 0 Å². The van der Waals surface area contributed by atoms with Gasteiger partial charge in [-0.3, -0.25) is 0 Å². The van der Waals surface area contributed by atoms with Crippen LogP contribution in [0, 0.1) is 0 Å². The minimum Gasteiger partial charge on any atom is -0.402 e. The number of hydrogen-bond donors (Lipinski definition) is 3. The second-order valence-corrected chi connectivity index (χ2v) is 5.27. The second-order valence-electron chi connectivity index (χ2n) is 5.27. The fraction of sp³-hybridized carbons (Fsp3) is 0.714. The Balaban J connectivity index is 2.42. The molecule has 1 fully saturated rings. The van der Waals surface area contributed by atoms with E-state index in [4.69, 9.17) is 11.5 Å². The van der Waals surface area contributed by atoms with Crippen LogP contribution in [-0.2, 0) is 0 Å². The number of allylic oxidation sites excluding steroid dienone is 3. The van der Waals surface area contributed by atoms with Gasteiger partial charge in [-0.2, -0.15) is 0 Å². The molecule has 18 heavy (non-hydrogen) atoms. The van der Waals surface area contributed by atoms with Crippen LogP contribution in [0.4, 0.5) is 0 Å². The Hall–Kier alpha value is -1.16. The first-order valence-electron chi connectivity index (χ1n) is 6.95. The predicted molar refractivity (Wildman–Crippen MR) is 77.7 cm³/mol. The zero-order chi connectivity index (χ0) is 13.5. The number of rotatable bonds is 5. The van der Waals surface area contributed by atoms with Crippen molar-refractivity contribution in [2.75, 3.05) is 13.1 Å². The van der Waals surface area contributed by atoms with Gasteiger partial charge >= 0.3 is 0 Å². The molecule has 1 saturated heterocycles. The molecule has 5 N–H and O–H groups in total. The zero-order valence-corrected chi connectivity index (χ0v) is 11.9. The summed E-state index contributed by atoms with van der Waals surface area (Å²) in [4.78, 5) is 2.23. The Morgan fingerprint density at radius 2 is 1.89 bits per heavy atom. The van der Waals surface area contributed by atoms with Gasteiger partial charge < -0.3 is 21.7 Å². The largest absolute Gasteiger partial charge is 0.402 e. The van der Waals surface area contributed by atoms with Crippen molar-refractivity contribution >= 4 is 0 Å². The van der Waals surface area contributed by atoms with Crippen LogP contribution < -0.4 is 16.8 Å². The molecule has 4 nitrogen and oxygen atoms in total. The third-order valence-electron chi connectivity index (χ3n) is 3.31. The molecule has 0 aromatic carbocycles. The first kappa shape index (κ1) is 14.9. The fourth-order valence-electron chi connectivity index (χ4n) is 2.19. The zero-order valence-electron chi connectivity index (χ0n) is 11.9. The van der Waals surface area contributed by atoms with E-state index in [9.17, 15) is 0 Å². The van der Waals surface area contributed by atoms with Crippen LogP contribution in [0.15, 0.2) is 23.7 Å². The molecule has 0 amide bonds. The average Bonchev–Trinajstić information content (AvgIpc) is 2.35. The Labute approximate surface area is 111 Å². The molecule has 0 unspecified atom stereocenters. The van der Waals surface area contributed by atoms with Crippen LogP contribution in [0.2, 0.25) is 0 Å². The van der Waals surface area contributed by atoms with Crippen molar-refractivity contribution in [1.29, 1.82) is 0 Å². The van der Waals surface area contributed by atoms with E-state index >= 15 is 0 Å². The van der Waals surface area contributed by atoms with E-state index in [2.05, 4.69) is 24.1 Å². The Bertz CT molecular complexity index is 299. The highest BCUT2D eigenvalue weighted by atomic mass is 15.2. The minimum atomic E-state index is 0.557. The first-order valence-corrected chi connectivity index (χ1v) is 6.95. The standard InChI is InChI=1S/C14H28N4/c1-4-12(15)5-6-14(16)18-9-7-13(8-10-18)17-11(2)3/h5-6,11,13,17H,4,7-10,15-16H2,1-3H3/b12-5-,14-6+. The predicted octanol–water partition coefficient (Wildman–Crippen LogP) is 1.50. The van der Waals surface area contributed by atoms with Crippen LogP contribution in [0.25, 0.3) is 0 Å². The lowest BCUT2D eigenvalue weighted by molar-refractivity contribution is 0.233. The average molecular weight is 252 g/mol. The summed E-state index contributed by atoms with van der Waals surface area (Å²) in [7, 11) is 0. The van der Waals surface area contributed by atoms with Crippen molar-refractivity contribution in [1.82, 2.24) is 10.2 Å². The lowest BCUT2D eigenvalue weighted by Crippen LogP contribution is -2.45. The van der Waals surface area contributed by atoms with E-state index in [1.54, 1.807) is 0 Å². The molecule has 1 aliphatic heterocycles. The summed E-state index contributed by atoms with van der Waals surface area (Å²) in [5.41, 5.74) is 12.7. The normalized spacial score (nSPS) is 19.7. The fourth-order valence-corrected chi connectivity index (χ4v) is 2.19. The third-order valence-corrected chi connectivity index (χ3v) is 3.31. The lowest BCUT2D eigenvalue weighted by Gasteiger charge is -2.34. The van der Waals surface area contributed by atoms with Gasteiger partial charge in [0.05, 0.1) is 5.82 Å². The number of piperidine rings is 1. The minimum absolute atomic E-state index is 0.557. The Kier molecular flexibility index (Phi) is 6.05. The quantitative estimate of drug-likeness (QED) is 0.649.